The van der Waals surface area contributed by atoms with Crippen LogP contribution in [0.4, 0.5) is 0 Å². The molecule has 18 heavy (non-hydrogen) atoms. The van der Waals surface area contributed by atoms with Gasteiger partial charge in [0.2, 0.25) is 0 Å². The van der Waals surface area contributed by atoms with Gasteiger partial charge in [0.15, 0.2) is 11.5 Å². The highest BCUT2D eigenvalue weighted by Crippen LogP contribution is 2.39. The van der Waals surface area contributed by atoms with Gasteiger partial charge in [-0.1, -0.05) is 6.07 Å². The van der Waals surface area contributed by atoms with Crippen molar-refractivity contribution in [3.05, 3.63) is 44.6 Å². The number of rotatable bonds is 2. The average Bonchev–Trinajstić information content (AvgIpc) is 2.84. The Bertz CT molecular complexity index is 570. The molecule has 1 aliphatic heterocycles. The summed E-state index contributed by atoms with van der Waals surface area (Å²) in [7, 11) is 0. The Balaban J connectivity index is 1.92. The first-order valence-electron chi connectivity index (χ1n) is 5.53. The van der Waals surface area contributed by atoms with Gasteiger partial charge >= 0.3 is 0 Å². The molecule has 0 N–H and O–H groups in total. The van der Waals surface area contributed by atoms with E-state index in [2.05, 4.69) is 15.9 Å². The number of halogens is 2. The van der Waals surface area contributed by atoms with Gasteiger partial charge in [0.05, 0.1) is 9.16 Å². The quantitative estimate of drug-likeness (QED) is 0.740. The summed E-state index contributed by atoms with van der Waals surface area (Å²) >= 11 is 11.6. The Morgan fingerprint density at radius 3 is 2.61 bits per heavy atom. The molecule has 0 radical (unpaired) electrons. The molecule has 2 heterocycles. The van der Waals surface area contributed by atoms with E-state index >= 15 is 0 Å². The fourth-order valence-corrected chi connectivity index (χ4v) is 3.62. The van der Waals surface area contributed by atoms with Crippen LogP contribution in [0.1, 0.15) is 15.8 Å². The van der Waals surface area contributed by atoms with Crippen LogP contribution >= 0.6 is 38.9 Å². The third-order valence-corrected chi connectivity index (χ3v) is 5.01. The summed E-state index contributed by atoms with van der Waals surface area (Å²) in [5.41, 5.74) is 1.02. The van der Waals surface area contributed by atoms with Crippen LogP contribution in [0.15, 0.2) is 34.1 Å². The summed E-state index contributed by atoms with van der Waals surface area (Å²) in [5.74, 6) is 1.57. The Kier molecular flexibility index (Phi) is 3.50. The fourth-order valence-electron chi connectivity index (χ4n) is 1.85. The highest BCUT2D eigenvalue weighted by atomic mass is 79.9. The smallest absolute Gasteiger partial charge is 0.161 e. The Morgan fingerprint density at radius 1 is 1.11 bits per heavy atom. The van der Waals surface area contributed by atoms with Crippen molar-refractivity contribution in [3.63, 3.8) is 0 Å². The highest BCUT2D eigenvalue weighted by Gasteiger charge is 2.17. The largest absolute Gasteiger partial charge is 0.486 e. The summed E-state index contributed by atoms with van der Waals surface area (Å²) in [5, 5.41) is -0.155. The lowest BCUT2D eigenvalue weighted by Gasteiger charge is -2.19. The number of thiophene rings is 1. The van der Waals surface area contributed by atoms with Crippen LogP contribution in [0, 0.1) is 0 Å². The Labute approximate surface area is 123 Å². The van der Waals surface area contributed by atoms with Crippen LogP contribution in [-0.4, -0.2) is 13.2 Å². The molecule has 2 aromatic rings. The van der Waals surface area contributed by atoms with Gasteiger partial charge in [-0.15, -0.1) is 22.9 Å². The number of ether oxygens (including phenoxy) is 2. The predicted octanol–water partition coefficient (Wildman–Crippen LogP) is 4.61. The van der Waals surface area contributed by atoms with E-state index in [1.54, 1.807) is 11.3 Å². The summed E-state index contributed by atoms with van der Waals surface area (Å²) in [6.45, 7) is 1.20. The maximum atomic E-state index is 6.48. The molecular formula is C13H10BrClO2S. The molecule has 0 aliphatic carbocycles. The normalized spacial score (nSPS) is 15.4. The maximum absolute atomic E-state index is 6.48. The zero-order valence-corrected chi connectivity index (χ0v) is 12.5. The fraction of sp³-hybridized carbons (Fsp3) is 0.231. The second kappa shape index (κ2) is 5.11. The minimum absolute atomic E-state index is 0.155. The van der Waals surface area contributed by atoms with E-state index in [0.29, 0.717) is 13.2 Å². The number of fused-ring (bicyclic) bond motifs is 1. The van der Waals surface area contributed by atoms with Gasteiger partial charge in [-0.05, 0) is 45.8 Å². The molecule has 1 aliphatic rings. The molecule has 94 valence electrons. The zero-order valence-electron chi connectivity index (χ0n) is 9.36. The first kappa shape index (κ1) is 12.3. The second-order valence-electron chi connectivity index (χ2n) is 3.91. The maximum Gasteiger partial charge on any atom is 0.161 e. The average molecular weight is 346 g/mol. The summed E-state index contributed by atoms with van der Waals surface area (Å²) in [6.07, 6.45) is 0. The second-order valence-corrected chi connectivity index (χ2v) is 6.84. The van der Waals surface area contributed by atoms with Crippen LogP contribution in [0.3, 0.4) is 0 Å². The van der Waals surface area contributed by atoms with E-state index in [9.17, 15) is 0 Å². The molecule has 0 amide bonds. The third kappa shape index (κ3) is 2.37. The van der Waals surface area contributed by atoms with E-state index in [-0.39, 0.29) is 5.38 Å². The van der Waals surface area contributed by atoms with Gasteiger partial charge in [-0.2, -0.15) is 0 Å². The van der Waals surface area contributed by atoms with Crippen LogP contribution < -0.4 is 9.47 Å². The van der Waals surface area contributed by atoms with Gasteiger partial charge in [0.1, 0.15) is 13.2 Å². The Morgan fingerprint density at radius 2 is 1.89 bits per heavy atom. The molecule has 3 rings (SSSR count). The lowest BCUT2D eigenvalue weighted by Crippen LogP contribution is -2.15. The van der Waals surface area contributed by atoms with Crippen molar-refractivity contribution in [1.29, 1.82) is 0 Å². The number of benzene rings is 1. The molecule has 0 bridgehead atoms. The van der Waals surface area contributed by atoms with Crippen molar-refractivity contribution in [1.82, 2.24) is 0 Å². The Hall–Kier alpha value is -0.710. The highest BCUT2D eigenvalue weighted by molar-refractivity contribution is 9.11. The first-order valence-corrected chi connectivity index (χ1v) is 7.57. The van der Waals surface area contributed by atoms with Crippen molar-refractivity contribution in [3.8, 4) is 11.5 Å². The van der Waals surface area contributed by atoms with E-state index in [1.807, 2.05) is 30.3 Å². The molecule has 0 saturated heterocycles. The monoisotopic (exact) mass is 344 g/mol. The molecule has 1 aromatic carbocycles. The molecule has 5 heteroatoms. The predicted molar refractivity (Wildman–Crippen MR) is 77.1 cm³/mol. The van der Waals surface area contributed by atoms with Crippen molar-refractivity contribution in [2.75, 3.05) is 13.2 Å². The lowest BCUT2D eigenvalue weighted by atomic mass is 10.1. The molecule has 1 atom stereocenters. The van der Waals surface area contributed by atoms with Gasteiger partial charge in [-0.25, -0.2) is 0 Å². The van der Waals surface area contributed by atoms with Crippen molar-refractivity contribution in [2.24, 2.45) is 0 Å². The van der Waals surface area contributed by atoms with E-state index in [0.717, 1.165) is 25.7 Å². The molecular weight excluding hydrogens is 336 g/mol. The molecule has 0 fully saturated rings. The molecule has 0 saturated carbocycles. The topological polar surface area (TPSA) is 18.5 Å². The van der Waals surface area contributed by atoms with E-state index in [4.69, 9.17) is 21.1 Å². The van der Waals surface area contributed by atoms with E-state index < -0.39 is 0 Å². The van der Waals surface area contributed by atoms with E-state index in [1.165, 1.54) is 0 Å². The summed E-state index contributed by atoms with van der Waals surface area (Å²) < 4.78 is 12.1. The van der Waals surface area contributed by atoms with Crippen molar-refractivity contribution in [2.45, 2.75) is 5.38 Å². The minimum Gasteiger partial charge on any atom is -0.486 e. The molecule has 1 aromatic heterocycles. The third-order valence-electron chi connectivity index (χ3n) is 2.70. The van der Waals surface area contributed by atoms with Crippen molar-refractivity contribution < 1.29 is 9.47 Å². The zero-order chi connectivity index (χ0) is 12.5. The molecule has 0 spiro atoms. The first-order chi connectivity index (χ1) is 8.74. The summed E-state index contributed by atoms with van der Waals surface area (Å²) in [6, 6.07) is 9.90. The molecule has 2 nitrogen and oxygen atoms in total. The minimum atomic E-state index is -0.155. The summed E-state index contributed by atoms with van der Waals surface area (Å²) in [4.78, 5) is 1.11. The SMILES string of the molecule is ClC(c1ccc2c(c1)OCCO2)c1ccc(Br)s1. The van der Waals surface area contributed by atoms with Gasteiger partial charge in [0, 0.05) is 4.88 Å². The van der Waals surface area contributed by atoms with Gasteiger partial charge in [0.25, 0.3) is 0 Å². The van der Waals surface area contributed by atoms with Gasteiger partial charge < -0.3 is 9.47 Å². The number of hydrogen-bond donors (Lipinski definition) is 0. The lowest BCUT2D eigenvalue weighted by molar-refractivity contribution is 0.171. The number of hydrogen-bond acceptors (Lipinski definition) is 3. The molecule has 1 unspecified atom stereocenters. The standard InChI is InChI=1S/C13H10BrClO2S/c14-12-4-3-11(18-12)13(15)8-1-2-9-10(7-8)17-6-5-16-9/h1-4,7,13H,5-6H2. The van der Waals surface area contributed by atoms with Gasteiger partial charge in [-0.3, -0.25) is 0 Å². The van der Waals surface area contributed by atoms with Crippen LogP contribution in [0.5, 0.6) is 11.5 Å². The number of alkyl halides is 1. The van der Waals surface area contributed by atoms with Crippen LogP contribution in [-0.2, 0) is 0 Å². The van der Waals surface area contributed by atoms with Crippen LogP contribution in [0.2, 0.25) is 0 Å². The van der Waals surface area contributed by atoms with Crippen LogP contribution in [0.25, 0.3) is 0 Å². The van der Waals surface area contributed by atoms with Crippen molar-refractivity contribution >= 4 is 38.9 Å².